The van der Waals surface area contributed by atoms with Crippen molar-refractivity contribution in [1.29, 1.82) is 0 Å². The number of rotatable bonds is 2. The summed E-state index contributed by atoms with van der Waals surface area (Å²) >= 11 is 0. The number of hydrogen-bond acceptors (Lipinski definition) is 1. The first-order valence-electron chi connectivity index (χ1n) is 5.59. The molecule has 1 aliphatic rings. The van der Waals surface area contributed by atoms with Crippen molar-refractivity contribution < 1.29 is 0 Å². The standard InChI is InChI=1S/C13H16N2/c1-8-3-2-4-10-11(7-15-13(8)10)12(14)9-5-6-9/h2-4,7,9,12,15H,5-6,14H2,1H3. The number of H-pyrrole nitrogens is 1. The smallest absolute Gasteiger partial charge is 0.0487 e. The maximum absolute atomic E-state index is 6.24. The average Bonchev–Trinajstić information content (AvgIpc) is 2.98. The summed E-state index contributed by atoms with van der Waals surface area (Å²) in [5.74, 6) is 0.713. The summed E-state index contributed by atoms with van der Waals surface area (Å²) in [7, 11) is 0. The van der Waals surface area contributed by atoms with Crippen molar-refractivity contribution in [3.8, 4) is 0 Å². The molecule has 2 nitrogen and oxygen atoms in total. The molecule has 1 atom stereocenters. The van der Waals surface area contributed by atoms with Crippen LogP contribution in [0.15, 0.2) is 24.4 Å². The molecule has 0 bridgehead atoms. The molecule has 0 amide bonds. The summed E-state index contributed by atoms with van der Waals surface area (Å²) in [6.45, 7) is 2.13. The van der Waals surface area contributed by atoms with Gasteiger partial charge in [-0.15, -0.1) is 0 Å². The maximum Gasteiger partial charge on any atom is 0.0487 e. The van der Waals surface area contributed by atoms with Crippen LogP contribution in [-0.4, -0.2) is 4.98 Å². The normalized spacial score (nSPS) is 18.3. The van der Waals surface area contributed by atoms with Crippen LogP contribution >= 0.6 is 0 Å². The zero-order valence-corrected chi connectivity index (χ0v) is 8.96. The molecule has 0 radical (unpaired) electrons. The fourth-order valence-corrected chi connectivity index (χ4v) is 2.31. The molecule has 3 N–H and O–H groups in total. The van der Waals surface area contributed by atoms with Gasteiger partial charge in [0.15, 0.2) is 0 Å². The number of aromatic amines is 1. The van der Waals surface area contributed by atoms with Crippen LogP contribution in [0.5, 0.6) is 0 Å². The molecular weight excluding hydrogens is 184 g/mol. The van der Waals surface area contributed by atoms with Gasteiger partial charge in [0.05, 0.1) is 0 Å². The van der Waals surface area contributed by atoms with Crippen LogP contribution in [0.2, 0.25) is 0 Å². The first-order valence-corrected chi connectivity index (χ1v) is 5.59. The summed E-state index contributed by atoms with van der Waals surface area (Å²) in [6, 6.07) is 6.62. The van der Waals surface area contributed by atoms with Gasteiger partial charge >= 0.3 is 0 Å². The van der Waals surface area contributed by atoms with Gasteiger partial charge in [-0.3, -0.25) is 0 Å². The lowest BCUT2D eigenvalue weighted by atomic mass is 10.0. The lowest BCUT2D eigenvalue weighted by Gasteiger charge is -2.08. The summed E-state index contributed by atoms with van der Waals surface area (Å²) in [4.78, 5) is 3.34. The Balaban J connectivity index is 2.15. The third-order valence-corrected chi connectivity index (χ3v) is 3.44. The Hall–Kier alpha value is -1.28. The Kier molecular flexibility index (Phi) is 1.86. The molecule has 0 saturated heterocycles. The summed E-state index contributed by atoms with van der Waals surface area (Å²) < 4.78 is 0. The lowest BCUT2D eigenvalue weighted by Crippen LogP contribution is -2.11. The van der Waals surface area contributed by atoms with Gasteiger partial charge in [-0.25, -0.2) is 0 Å². The largest absolute Gasteiger partial charge is 0.361 e. The van der Waals surface area contributed by atoms with Crippen molar-refractivity contribution in [2.45, 2.75) is 25.8 Å². The SMILES string of the molecule is Cc1cccc2c(C(N)C3CC3)c[nH]c12. The molecule has 78 valence electrons. The second kappa shape index (κ2) is 3.11. The monoisotopic (exact) mass is 200 g/mol. The van der Waals surface area contributed by atoms with Crippen LogP contribution in [0, 0.1) is 12.8 Å². The molecular formula is C13H16N2. The van der Waals surface area contributed by atoms with E-state index in [1.54, 1.807) is 0 Å². The molecule has 2 heteroatoms. The fourth-order valence-electron chi connectivity index (χ4n) is 2.31. The quantitative estimate of drug-likeness (QED) is 0.769. The minimum atomic E-state index is 0.223. The van der Waals surface area contributed by atoms with Gasteiger partial charge in [-0.05, 0) is 36.8 Å². The Bertz CT molecular complexity index is 494. The minimum Gasteiger partial charge on any atom is -0.361 e. The van der Waals surface area contributed by atoms with Gasteiger partial charge in [0.25, 0.3) is 0 Å². The number of nitrogens with two attached hydrogens (primary N) is 1. The van der Waals surface area contributed by atoms with Crippen molar-refractivity contribution >= 4 is 10.9 Å². The highest BCUT2D eigenvalue weighted by molar-refractivity contribution is 5.86. The van der Waals surface area contributed by atoms with Gasteiger partial charge < -0.3 is 10.7 Å². The second-order valence-electron chi connectivity index (χ2n) is 4.60. The highest BCUT2D eigenvalue weighted by Gasteiger charge is 2.30. The zero-order valence-electron chi connectivity index (χ0n) is 8.96. The molecule has 1 aromatic carbocycles. The highest BCUT2D eigenvalue weighted by Crippen LogP contribution is 2.41. The molecule has 1 fully saturated rings. The topological polar surface area (TPSA) is 41.8 Å². The number of fused-ring (bicyclic) bond motifs is 1. The fraction of sp³-hybridized carbons (Fsp3) is 0.385. The van der Waals surface area contributed by atoms with E-state index >= 15 is 0 Å². The number of nitrogens with one attached hydrogen (secondary N) is 1. The predicted octanol–water partition coefficient (Wildman–Crippen LogP) is 2.89. The van der Waals surface area contributed by atoms with Crippen molar-refractivity contribution in [2.75, 3.05) is 0 Å². The third kappa shape index (κ3) is 1.37. The van der Waals surface area contributed by atoms with Crippen LogP contribution in [0.4, 0.5) is 0 Å². The van der Waals surface area contributed by atoms with E-state index in [4.69, 9.17) is 5.73 Å². The summed E-state index contributed by atoms with van der Waals surface area (Å²) in [5, 5.41) is 1.30. The molecule has 2 aromatic rings. The van der Waals surface area contributed by atoms with E-state index in [1.165, 1.54) is 34.9 Å². The van der Waals surface area contributed by atoms with Gasteiger partial charge in [-0.2, -0.15) is 0 Å². The predicted molar refractivity (Wildman–Crippen MR) is 62.7 cm³/mol. The van der Waals surface area contributed by atoms with Crippen LogP contribution in [0.25, 0.3) is 10.9 Å². The van der Waals surface area contributed by atoms with Gasteiger partial charge in [0.2, 0.25) is 0 Å². The highest BCUT2D eigenvalue weighted by atomic mass is 14.7. The maximum atomic E-state index is 6.24. The molecule has 1 aromatic heterocycles. The van der Waals surface area contributed by atoms with E-state index in [9.17, 15) is 0 Å². The minimum absolute atomic E-state index is 0.223. The van der Waals surface area contributed by atoms with Gasteiger partial charge in [0.1, 0.15) is 0 Å². The van der Waals surface area contributed by atoms with Crippen LogP contribution in [0.1, 0.15) is 30.0 Å². The van der Waals surface area contributed by atoms with Crippen LogP contribution < -0.4 is 5.73 Å². The molecule has 1 aliphatic carbocycles. The van der Waals surface area contributed by atoms with Gasteiger partial charge in [0, 0.05) is 23.1 Å². The van der Waals surface area contributed by atoms with E-state index < -0.39 is 0 Å². The Morgan fingerprint density at radius 2 is 2.20 bits per heavy atom. The third-order valence-electron chi connectivity index (χ3n) is 3.44. The van der Waals surface area contributed by atoms with E-state index in [-0.39, 0.29) is 6.04 Å². The molecule has 1 unspecified atom stereocenters. The van der Waals surface area contributed by atoms with E-state index in [0.29, 0.717) is 5.92 Å². The van der Waals surface area contributed by atoms with Crippen LogP contribution in [-0.2, 0) is 0 Å². The number of hydrogen-bond donors (Lipinski definition) is 2. The van der Waals surface area contributed by atoms with Crippen molar-refractivity contribution in [3.63, 3.8) is 0 Å². The molecule has 3 rings (SSSR count). The first-order chi connectivity index (χ1) is 7.27. The van der Waals surface area contributed by atoms with Crippen molar-refractivity contribution in [2.24, 2.45) is 11.7 Å². The number of aromatic nitrogens is 1. The molecule has 0 aliphatic heterocycles. The average molecular weight is 200 g/mol. The zero-order chi connectivity index (χ0) is 10.4. The van der Waals surface area contributed by atoms with E-state index in [2.05, 4.69) is 36.3 Å². The lowest BCUT2D eigenvalue weighted by molar-refractivity contribution is 0.638. The van der Waals surface area contributed by atoms with E-state index in [0.717, 1.165) is 0 Å². The Morgan fingerprint density at radius 3 is 2.93 bits per heavy atom. The number of para-hydroxylation sites is 1. The Labute approximate surface area is 89.5 Å². The number of benzene rings is 1. The summed E-state index contributed by atoms with van der Waals surface area (Å²) in [6.07, 6.45) is 4.67. The first kappa shape index (κ1) is 8.98. The van der Waals surface area contributed by atoms with Gasteiger partial charge in [-0.1, -0.05) is 18.2 Å². The second-order valence-corrected chi connectivity index (χ2v) is 4.60. The van der Waals surface area contributed by atoms with Crippen LogP contribution in [0.3, 0.4) is 0 Å². The summed E-state index contributed by atoms with van der Waals surface area (Å²) in [5.41, 5.74) is 10.1. The molecule has 1 heterocycles. The molecule has 1 saturated carbocycles. The molecule has 15 heavy (non-hydrogen) atoms. The van der Waals surface area contributed by atoms with Crippen molar-refractivity contribution in [3.05, 3.63) is 35.5 Å². The van der Waals surface area contributed by atoms with Crippen molar-refractivity contribution in [1.82, 2.24) is 4.98 Å². The number of aryl methyl sites for hydroxylation is 1. The molecule has 0 spiro atoms. The Morgan fingerprint density at radius 1 is 1.40 bits per heavy atom. The van der Waals surface area contributed by atoms with E-state index in [1.807, 2.05) is 0 Å².